The van der Waals surface area contributed by atoms with Crippen LogP contribution in [0.2, 0.25) is 0 Å². The summed E-state index contributed by atoms with van der Waals surface area (Å²) in [7, 11) is 0. The summed E-state index contributed by atoms with van der Waals surface area (Å²) in [6.45, 7) is 18.8. The van der Waals surface area contributed by atoms with Crippen LogP contribution in [0.4, 0.5) is 4.79 Å². The Bertz CT molecular complexity index is 366. The van der Waals surface area contributed by atoms with Gasteiger partial charge in [-0.05, 0) is 46.5 Å². The first-order valence-corrected chi connectivity index (χ1v) is 9.38. The van der Waals surface area contributed by atoms with Gasteiger partial charge in [-0.25, -0.2) is 4.79 Å². The van der Waals surface area contributed by atoms with Gasteiger partial charge in [0.05, 0.1) is 0 Å². The lowest BCUT2D eigenvalue weighted by molar-refractivity contribution is -0.123. The van der Waals surface area contributed by atoms with E-state index in [4.69, 9.17) is 0 Å². The van der Waals surface area contributed by atoms with Crippen LogP contribution in [0.5, 0.6) is 0 Å². The highest BCUT2D eigenvalue weighted by molar-refractivity contribution is 5.77. The fourth-order valence-corrected chi connectivity index (χ4v) is 2.67. The first-order chi connectivity index (χ1) is 11.0. The summed E-state index contributed by atoms with van der Waals surface area (Å²) in [6, 6.07) is -0.159. The molecule has 0 saturated heterocycles. The van der Waals surface area contributed by atoms with Gasteiger partial charge in [-0.1, -0.05) is 41.0 Å². The predicted octanol–water partition coefficient (Wildman–Crippen LogP) is 4.22. The van der Waals surface area contributed by atoms with Gasteiger partial charge in [-0.2, -0.15) is 0 Å². The van der Waals surface area contributed by atoms with E-state index in [1.165, 1.54) is 0 Å². The van der Waals surface area contributed by atoms with Crippen molar-refractivity contribution < 1.29 is 9.59 Å². The highest BCUT2D eigenvalue weighted by Crippen LogP contribution is 2.20. The van der Waals surface area contributed by atoms with Gasteiger partial charge in [0.1, 0.15) is 0 Å². The third kappa shape index (κ3) is 13.2. The maximum Gasteiger partial charge on any atom is 0.315 e. The molecular formula is C19H41N3O2. The van der Waals surface area contributed by atoms with Gasteiger partial charge in [-0.3, -0.25) is 4.79 Å². The van der Waals surface area contributed by atoms with Crippen LogP contribution in [0, 0.1) is 5.92 Å². The van der Waals surface area contributed by atoms with Crippen molar-refractivity contribution in [3.05, 3.63) is 0 Å². The summed E-state index contributed by atoms with van der Waals surface area (Å²) in [4.78, 5) is 23.9. The maximum absolute atomic E-state index is 12.1. The number of nitrogens with one attached hydrogen (secondary N) is 3. The van der Waals surface area contributed by atoms with Crippen molar-refractivity contribution in [2.24, 2.45) is 5.92 Å². The van der Waals surface area contributed by atoms with Gasteiger partial charge in [-0.15, -0.1) is 0 Å². The molecule has 0 aromatic carbocycles. The van der Waals surface area contributed by atoms with Crippen molar-refractivity contribution >= 4 is 11.9 Å². The van der Waals surface area contributed by atoms with Crippen molar-refractivity contribution in [3.8, 4) is 0 Å². The molecule has 3 N–H and O–H groups in total. The fourth-order valence-electron chi connectivity index (χ4n) is 2.67. The monoisotopic (exact) mass is 343 g/mol. The SMILES string of the molecule is CC.CCCNC(=O)NC(C)(C)CC(C)(C)NC(=O)CC(C)CC. The van der Waals surface area contributed by atoms with E-state index in [0.29, 0.717) is 25.3 Å². The Labute approximate surface area is 149 Å². The third-order valence-corrected chi connectivity index (χ3v) is 3.58. The normalized spacial score (nSPS) is 12.5. The zero-order valence-electron chi connectivity index (χ0n) is 17.4. The Morgan fingerprint density at radius 2 is 1.46 bits per heavy atom. The van der Waals surface area contributed by atoms with Crippen LogP contribution in [0.25, 0.3) is 0 Å². The van der Waals surface area contributed by atoms with E-state index in [9.17, 15) is 9.59 Å². The molecule has 0 aliphatic heterocycles. The van der Waals surface area contributed by atoms with Gasteiger partial charge in [0.2, 0.25) is 5.91 Å². The van der Waals surface area contributed by atoms with E-state index in [1.54, 1.807) is 0 Å². The Morgan fingerprint density at radius 3 is 1.92 bits per heavy atom. The molecule has 0 heterocycles. The second-order valence-corrected chi connectivity index (χ2v) is 7.59. The lowest BCUT2D eigenvalue weighted by Crippen LogP contribution is -2.55. The molecule has 24 heavy (non-hydrogen) atoms. The number of amides is 3. The zero-order chi connectivity index (χ0) is 19.4. The van der Waals surface area contributed by atoms with Crippen LogP contribution in [0.3, 0.4) is 0 Å². The molecule has 0 spiro atoms. The quantitative estimate of drug-likeness (QED) is 0.586. The van der Waals surface area contributed by atoms with Crippen molar-refractivity contribution in [1.82, 2.24) is 16.0 Å². The first kappa shape index (κ1) is 25.0. The second-order valence-electron chi connectivity index (χ2n) is 7.59. The number of urea groups is 1. The standard InChI is InChI=1S/C17H35N3O2.C2H6/c1-8-10-18-15(22)20-17(6,7)12-16(4,5)19-14(21)11-13(3)9-2;1-2/h13H,8-12H2,1-7H3,(H,19,21)(H2,18,20,22);1-2H3. The summed E-state index contributed by atoms with van der Waals surface area (Å²) >= 11 is 0. The van der Waals surface area contributed by atoms with E-state index >= 15 is 0 Å². The minimum absolute atomic E-state index is 0.0746. The van der Waals surface area contributed by atoms with Crippen LogP contribution in [0.15, 0.2) is 0 Å². The number of carbonyl (C=O) groups excluding carboxylic acids is 2. The molecule has 0 bridgehead atoms. The Balaban J connectivity index is 0. The summed E-state index contributed by atoms with van der Waals surface area (Å²) in [6.07, 6.45) is 3.11. The van der Waals surface area contributed by atoms with Gasteiger partial charge >= 0.3 is 6.03 Å². The first-order valence-electron chi connectivity index (χ1n) is 9.38. The van der Waals surface area contributed by atoms with Gasteiger partial charge in [0.15, 0.2) is 0 Å². The highest BCUT2D eigenvalue weighted by atomic mass is 16.2. The zero-order valence-corrected chi connectivity index (χ0v) is 17.4. The molecule has 144 valence electrons. The summed E-state index contributed by atoms with van der Waals surface area (Å²) < 4.78 is 0. The smallest absolute Gasteiger partial charge is 0.315 e. The molecule has 0 radical (unpaired) electrons. The summed E-state index contributed by atoms with van der Waals surface area (Å²) in [5.74, 6) is 0.465. The molecule has 0 saturated carbocycles. The topological polar surface area (TPSA) is 70.2 Å². The van der Waals surface area contributed by atoms with Crippen LogP contribution in [0.1, 0.15) is 88.0 Å². The number of rotatable bonds is 9. The molecule has 0 aliphatic carbocycles. The van der Waals surface area contributed by atoms with Crippen LogP contribution < -0.4 is 16.0 Å². The molecule has 3 amide bonds. The Kier molecular flexibility index (Phi) is 12.7. The molecule has 1 unspecified atom stereocenters. The van der Waals surface area contributed by atoms with Crippen molar-refractivity contribution in [2.75, 3.05) is 6.54 Å². The number of hydrogen-bond acceptors (Lipinski definition) is 2. The largest absolute Gasteiger partial charge is 0.351 e. The van der Waals surface area contributed by atoms with Crippen LogP contribution >= 0.6 is 0 Å². The van der Waals surface area contributed by atoms with E-state index in [0.717, 1.165) is 12.8 Å². The van der Waals surface area contributed by atoms with Crippen LogP contribution in [-0.2, 0) is 4.79 Å². The maximum atomic E-state index is 12.1. The van der Waals surface area contributed by atoms with Gasteiger partial charge in [0, 0.05) is 24.0 Å². The van der Waals surface area contributed by atoms with Crippen LogP contribution in [-0.4, -0.2) is 29.6 Å². The lowest BCUT2D eigenvalue weighted by Gasteiger charge is -2.36. The van der Waals surface area contributed by atoms with E-state index < -0.39 is 5.54 Å². The second kappa shape index (κ2) is 12.2. The Hall–Kier alpha value is -1.26. The molecule has 5 heteroatoms. The molecule has 0 rings (SSSR count). The van der Waals surface area contributed by atoms with Crippen molar-refractivity contribution in [3.63, 3.8) is 0 Å². The molecule has 0 fully saturated rings. The fraction of sp³-hybridized carbons (Fsp3) is 0.895. The minimum Gasteiger partial charge on any atom is -0.351 e. The molecule has 0 aromatic heterocycles. The molecule has 5 nitrogen and oxygen atoms in total. The summed E-state index contributed by atoms with van der Waals surface area (Å²) in [5.41, 5.74) is -0.767. The minimum atomic E-state index is -0.398. The molecule has 0 aromatic rings. The average molecular weight is 344 g/mol. The van der Waals surface area contributed by atoms with E-state index in [1.807, 2.05) is 48.5 Å². The highest BCUT2D eigenvalue weighted by Gasteiger charge is 2.31. The average Bonchev–Trinajstić information content (AvgIpc) is 2.44. The predicted molar refractivity (Wildman–Crippen MR) is 103 cm³/mol. The third-order valence-electron chi connectivity index (χ3n) is 3.58. The number of hydrogen-bond donors (Lipinski definition) is 3. The van der Waals surface area contributed by atoms with E-state index in [2.05, 4.69) is 29.8 Å². The molecule has 0 aliphatic rings. The van der Waals surface area contributed by atoms with Crippen molar-refractivity contribution in [1.29, 1.82) is 0 Å². The lowest BCUT2D eigenvalue weighted by atomic mass is 9.86. The van der Waals surface area contributed by atoms with Gasteiger partial charge < -0.3 is 16.0 Å². The number of carbonyl (C=O) groups is 2. The van der Waals surface area contributed by atoms with Gasteiger partial charge in [0.25, 0.3) is 0 Å². The summed E-state index contributed by atoms with van der Waals surface area (Å²) in [5, 5.41) is 8.87. The Morgan fingerprint density at radius 1 is 0.958 bits per heavy atom. The molecule has 1 atom stereocenters. The van der Waals surface area contributed by atoms with E-state index in [-0.39, 0.29) is 17.5 Å². The molecular weight excluding hydrogens is 302 g/mol. The van der Waals surface area contributed by atoms with Crippen molar-refractivity contribution in [2.45, 2.75) is 99.1 Å².